The van der Waals surface area contributed by atoms with Gasteiger partial charge in [0, 0.05) is 11.6 Å². The van der Waals surface area contributed by atoms with Crippen LogP contribution in [0.3, 0.4) is 0 Å². The summed E-state index contributed by atoms with van der Waals surface area (Å²) in [6, 6.07) is 12.2. The number of phenols is 1. The summed E-state index contributed by atoms with van der Waals surface area (Å²) < 4.78 is 48.4. The topological polar surface area (TPSA) is 81.3 Å². The summed E-state index contributed by atoms with van der Waals surface area (Å²) in [5, 5.41) is 14.1. The van der Waals surface area contributed by atoms with Gasteiger partial charge in [0.05, 0.1) is 11.3 Å². The minimum absolute atomic E-state index is 0.0359. The molecule has 0 fully saturated rings. The molecule has 0 spiro atoms. The van der Waals surface area contributed by atoms with E-state index >= 15 is 0 Å². The van der Waals surface area contributed by atoms with E-state index in [2.05, 4.69) is 5.16 Å². The molecule has 2 aromatic carbocycles. The first-order chi connectivity index (χ1) is 15.1. The maximum Gasteiger partial charge on any atom is 0.416 e. The number of rotatable bonds is 8. The van der Waals surface area contributed by atoms with E-state index in [1.54, 1.807) is 38.1 Å². The summed E-state index contributed by atoms with van der Waals surface area (Å²) >= 11 is 0. The number of aryl methyl sites for hydroxylation is 1. The van der Waals surface area contributed by atoms with Crippen LogP contribution in [0.2, 0.25) is 0 Å². The number of aromatic hydroxyl groups is 1. The van der Waals surface area contributed by atoms with Crippen molar-refractivity contribution >= 4 is 11.5 Å². The first-order valence-electron chi connectivity index (χ1n) is 9.52. The van der Waals surface area contributed by atoms with Crippen LogP contribution in [0, 0.1) is 6.92 Å². The fraction of sp³-hybridized carbons (Fsp3) is 0.217. The highest BCUT2D eigenvalue weighted by Crippen LogP contribution is 2.29. The van der Waals surface area contributed by atoms with Crippen molar-refractivity contribution in [2.45, 2.75) is 26.6 Å². The van der Waals surface area contributed by atoms with Crippen molar-refractivity contribution in [1.29, 1.82) is 0 Å². The van der Waals surface area contributed by atoms with Gasteiger partial charge in [-0.25, -0.2) is 0 Å². The Balaban J connectivity index is 1.56. The number of ketones is 1. The van der Waals surface area contributed by atoms with Crippen LogP contribution in [0.4, 0.5) is 13.2 Å². The van der Waals surface area contributed by atoms with Gasteiger partial charge >= 0.3 is 6.18 Å². The van der Waals surface area contributed by atoms with Gasteiger partial charge in [0.1, 0.15) is 23.9 Å². The molecular formula is C23H20F3NO5. The Labute approximate surface area is 181 Å². The lowest BCUT2D eigenvalue weighted by atomic mass is 10.1. The number of hydrogen-bond donors (Lipinski definition) is 1. The molecule has 0 aliphatic rings. The Morgan fingerprint density at radius 1 is 1.09 bits per heavy atom. The van der Waals surface area contributed by atoms with E-state index in [1.807, 2.05) is 0 Å². The predicted molar refractivity (Wildman–Crippen MR) is 110 cm³/mol. The van der Waals surface area contributed by atoms with Crippen LogP contribution in [0.5, 0.6) is 11.5 Å². The van der Waals surface area contributed by atoms with E-state index in [4.69, 9.17) is 14.0 Å². The summed E-state index contributed by atoms with van der Waals surface area (Å²) in [7, 11) is 0. The SMILES string of the molecule is C/C(=N\OCc1ccc(C(F)(F)F)cc1)c1ccc(OCC(=O)c2ccc(C)o2)cc1O. The number of halogens is 3. The van der Waals surface area contributed by atoms with Gasteiger partial charge in [-0.15, -0.1) is 0 Å². The number of carbonyl (C=O) groups excluding carboxylic acids is 1. The molecule has 0 atom stereocenters. The van der Waals surface area contributed by atoms with E-state index in [9.17, 15) is 23.1 Å². The third-order valence-corrected chi connectivity index (χ3v) is 4.46. The largest absolute Gasteiger partial charge is 0.507 e. The molecule has 0 saturated heterocycles. The molecule has 6 nitrogen and oxygen atoms in total. The highest BCUT2D eigenvalue weighted by Gasteiger charge is 2.29. The lowest BCUT2D eigenvalue weighted by Gasteiger charge is -2.09. The lowest BCUT2D eigenvalue weighted by molar-refractivity contribution is -0.137. The second-order valence-corrected chi connectivity index (χ2v) is 6.95. The fourth-order valence-corrected chi connectivity index (χ4v) is 2.75. The summed E-state index contributed by atoms with van der Waals surface area (Å²) in [5.41, 5.74) is 0.494. The van der Waals surface area contributed by atoms with E-state index in [0.29, 0.717) is 22.6 Å². The summed E-state index contributed by atoms with van der Waals surface area (Å²) in [6.07, 6.45) is -4.40. The van der Waals surface area contributed by atoms with E-state index in [-0.39, 0.29) is 36.3 Å². The third-order valence-electron chi connectivity index (χ3n) is 4.46. The minimum atomic E-state index is -4.40. The van der Waals surface area contributed by atoms with Crippen molar-refractivity contribution in [2.75, 3.05) is 6.61 Å². The van der Waals surface area contributed by atoms with E-state index in [1.165, 1.54) is 18.2 Å². The second kappa shape index (κ2) is 9.59. The van der Waals surface area contributed by atoms with Crippen molar-refractivity contribution in [3.05, 3.63) is 82.8 Å². The highest BCUT2D eigenvalue weighted by molar-refractivity contribution is 6.00. The van der Waals surface area contributed by atoms with Gasteiger partial charge in [-0.3, -0.25) is 4.79 Å². The molecule has 32 heavy (non-hydrogen) atoms. The molecule has 3 aromatic rings. The lowest BCUT2D eigenvalue weighted by Crippen LogP contribution is -2.10. The quantitative estimate of drug-likeness (QED) is 0.280. The van der Waals surface area contributed by atoms with Crippen LogP contribution >= 0.6 is 0 Å². The van der Waals surface area contributed by atoms with Crippen LogP contribution in [-0.4, -0.2) is 23.2 Å². The van der Waals surface area contributed by atoms with Crippen molar-refractivity contribution in [3.8, 4) is 11.5 Å². The monoisotopic (exact) mass is 447 g/mol. The second-order valence-electron chi connectivity index (χ2n) is 6.95. The minimum Gasteiger partial charge on any atom is -0.507 e. The first-order valence-corrected chi connectivity index (χ1v) is 9.52. The van der Waals surface area contributed by atoms with Gasteiger partial charge < -0.3 is 19.1 Å². The molecule has 3 rings (SSSR count). The Morgan fingerprint density at radius 2 is 1.81 bits per heavy atom. The standard InChI is InChI=1S/C23H20F3NO5/c1-14-3-10-22(32-14)21(29)13-30-18-8-9-19(20(28)11-18)15(2)27-31-12-16-4-6-17(7-5-16)23(24,25)26/h3-11,28H,12-13H2,1-2H3/b27-15+. The van der Waals surface area contributed by atoms with Gasteiger partial charge in [0.2, 0.25) is 5.78 Å². The number of carbonyl (C=O) groups is 1. The van der Waals surface area contributed by atoms with Gasteiger partial charge in [0.25, 0.3) is 0 Å². The number of Topliss-reactive ketones (excluding diaryl/α,β-unsaturated/α-hetero) is 1. The number of alkyl halides is 3. The third kappa shape index (κ3) is 5.90. The molecule has 0 aliphatic carbocycles. The van der Waals surface area contributed by atoms with Crippen LogP contribution in [0.15, 0.2) is 64.2 Å². The zero-order valence-electron chi connectivity index (χ0n) is 17.3. The number of phenolic OH excluding ortho intramolecular Hbond substituents is 1. The van der Waals surface area contributed by atoms with Gasteiger partial charge in [-0.05, 0) is 55.8 Å². The Morgan fingerprint density at radius 3 is 2.41 bits per heavy atom. The Hall–Kier alpha value is -3.75. The van der Waals surface area contributed by atoms with Gasteiger partial charge in [-0.2, -0.15) is 13.2 Å². The smallest absolute Gasteiger partial charge is 0.416 e. The zero-order chi connectivity index (χ0) is 23.3. The van der Waals surface area contributed by atoms with Crippen LogP contribution in [0.1, 0.15) is 39.9 Å². The van der Waals surface area contributed by atoms with Crippen molar-refractivity contribution in [2.24, 2.45) is 5.16 Å². The molecule has 1 N–H and O–H groups in total. The number of benzene rings is 2. The van der Waals surface area contributed by atoms with Gasteiger partial charge in [-0.1, -0.05) is 17.3 Å². The molecule has 9 heteroatoms. The number of furan rings is 1. The number of ether oxygens (including phenoxy) is 1. The maximum atomic E-state index is 12.6. The molecule has 0 aliphatic heterocycles. The molecule has 168 valence electrons. The number of nitrogens with zero attached hydrogens (tertiary/aromatic N) is 1. The zero-order valence-corrected chi connectivity index (χ0v) is 17.3. The fourth-order valence-electron chi connectivity index (χ4n) is 2.75. The van der Waals surface area contributed by atoms with Crippen molar-refractivity contribution in [3.63, 3.8) is 0 Å². The first kappa shape index (κ1) is 22.9. The van der Waals surface area contributed by atoms with E-state index < -0.39 is 11.7 Å². The summed E-state index contributed by atoms with van der Waals surface area (Å²) in [5.74, 6) is 0.614. The maximum absolute atomic E-state index is 12.6. The highest BCUT2D eigenvalue weighted by atomic mass is 19.4. The van der Waals surface area contributed by atoms with Crippen LogP contribution < -0.4 is 4.74 Å². The number of hydrogen-bond acceptors (Lipinski definition) is 6. The molecule has 1 aromatic heterocycles. The predicted octanol–water partition coefficient (Wildman–Crippen LogP) is 5.51. The average molecular weight is 447 g/mol. The Bertz CT molecular complexity index is 1120. The molecule has 0 radical (unpaired) electrons. The van der Waals surface area contributed by atoms with Crippen molar-refractivity contribution < 1.29 is 37.1 Å². The van der Waals surface area contributed by atoms with Crippen LogP contribution in [-0.2, 0) is 17.6 Å². The average Bonchev–Trinajstić information content (AvgIpc) is 3.18. The molecule has 1 heterocycles. The Kier molecular flexibility index (Phi) is 6.87. The number of oxime groups is 1. The van der Waals surface area contributed by atoms with E-state index in [0.717, 1.165) is 12.1 Å². The van der Waals surface area contributed by atoms with Gasteiger partial charge in [0.15, 0.2) is 12.4 Å². The summed E-state index contributed by atoms with van der Waals surface area (Å²) in [4.78, 5) is 17.2. The molecule has 0 saturated carbocycles. The normalized spacial score (nSPS) is 12.0. The molecule has 0 amide bonds. The van der Waals surface area contributed by atoms with Crippen LogP contribution in [0.25, 0.3) is 0 Å². The molecule has 0 unspecified atom stereocenters. The molecule has 0 bridgehead atoms. The molecular weight excluding hydrogens is 427 g/mol. The van der Waals surface area contributed by atoms with Crippen molar-refractivity contribution in [1.82, 2.24) is 0 Å². The summed E-state index contributed by atoms with van der Waals surface area (Å²) in [6.45, 7) is 3.04.